The van der Waals surface area contributed by atoms with E-state index < -0.39 is 0 Å². The van der Waals surface area contributed by atoms with Crippen molar-refractivity contribution in [3.8, 4) is 11.5 Å². The number of hydrogen-bond donors (Lipinski definition) is 1. The lowest BCUT2D eigenvalue weighted by molar-refractivity contribution is 0.390. The van der Waals surface area contributed by atoms with Crippen molar-refractivity contribution in [3.05, 3.63) is 59.4 Å². The van der Waals surface area contributed by atoms with Crippen molar-refractivity contribution in [2.24, 2.45) is 5.73 Å². The van der Waals surface area contributed by atoms with Gasteiger partial charge in [-0.15, -0.1) is 0 Å². The van der Waals surface area contributed by atoms with E-state index in [2.05, 4.69) is 0 Å². The predicted molar refractivity (Wildman–Crippen MR) is 81.3 cm³/mol. The Labute approximate surface area is 124 Å². The van der Waals surface area contributed by atoms with Crippen molar-refractivity contribution in [1.29, 1.82) is 0 Å². The van der Waals surface area contributed by atoms with Crippen LogP contribution in [0.15, 0.2) is 42.5 Å². The van der Waals surface area contributed by atoms with Crippen LogP contribution in [0.2, 0.25) is 0 Å². The predicted octanol–water partition coefficient (Wildman–Crippen LogP) is 2.96. The molecule has 0 saturated heterocycles. The zero-order chi connectivity index (χ0) is 15.2. The van der Waals surface area contributed by atoms with Crippen LogP contribution < -0.4 is 15.2 Å². The Kier molecular flexibility index (Phi) is 5.17. The van der Waals surface area contributed by atoms with E-state index in [1.165, 1.54) is 6.07 Å². The third-order valence-electron chi connectivity index (χ3n) is 3.42. The minimum absolute atomic E-state index is 0.177. The van der Waals surface area contributed by atoms with E-state index in [-0.39, 0.29) is 11.9 Å². The first-order valence-electron chi connectivity index (χ1n) is 6.84. The van der Waals surface area contributed by atoms with E-state index in [1.807, 2.05) is 24.3 Å². The van der Waals surface area contributed by atoms with E-state index in [9.17, 15) is 4.39 Å². The standard InChI is InChI=1S/C17H20FNO2/c1-20-15-8-7-13(17(11-15)21-2)10-14(19)9-12-5-3-4-6-16(12)18/h3-8,11,14H,9-10,19H2,1-2H3. The molecule has 21 heavy (non-hydrogen) atoms. The first kappa shape index (κ1) is 15.3. The summed E-state index contributed by atoms with van der Waals surface area (Å²) in [4.78, 5) is 0. The molecule has 0 aliphatic carbocycles. The van der Waals surface area contributed by atoms with Gasteiger partial charge in [-0.25, -0.2) is 4.39 Å². The zero-order valence-electron chi connectivity index (χ0n) is 12.3. The molecule has 0 radical (unpaired) electrons. The molecular weight excluding hydrogens is 269 g/mol. The molecule has 0 aromatic heterocycles. The van der Waals surface area contributed by atoms with Gasteiger partial charge in [-0.2, -0.15) is 0 Å². The molecule has 4 heteroatoms. The summed E-state index contributed by atoms with van der Waals surface area (Å²) in [7, 11) is 3.22. The maximum atomic E-state index is 13.6. The van der Waals surface area contributed by atoms with E-state index in [0.717, 1.165) is 17.1 Å². The van der Waals surface area contributed by atoms with Gasteiger partial charge in [0.05, 0.1) is 14.2 Å². The number of nitrogens with two attached hydrogens (primary N) is 1. The minimum Gasteiger partial charge on any atom is -0.497 e. The molecule has 3 nitrogen and oxygen atoms in total. The van der Waals surface area contributed by atoms with Crippen molar-refractivity contribution >= 4 is 0 Å². The van der Waals surface area contributed by atoms with Crippen LogP contribution in [0.5, 0.6) is 11.5 Å². The summed E-state index contributed by atoms with van der Waals surface area (Å²) in [6, 6.07) is 12.2. The van der Waals surface area contributed by atoms with Gasteiger partial charge >= 0.3 is 0 Å². The Balaban J connectivity index is 2.09. The van der Waals surface area contributed by atoms with Gasteiger partial charge in [0.25, 0.3) is 0 Å². The first-order valence-corrected chi connectivity index (χ1v) is 6.84. The van der Waals surface area contributed by atoms with Gasteiger partial charge in [-0.1, -0.05) is 24.3 Å². The van der Waals surface area contributed by atoms with E-state index in [4.69, 9.17) is 15.2 Å². The Morgan fingerprint density at radius 1 is 1.00 bits per heavy atom. The average Bonchev–Trinajstić information content (AvgIpc) is 2.50. The van der Waals surface area contributed by atoms with Gasteiger partial charge in [0, 0.05) is 12.1 Å². The van der Waals surface area contributed by atoms with E-state index in [0.29, 0.717) is 18.4 Å². The molecule has 2 aromatic carbocycles. The summed E-state index contributed by atoms with van der Waals surface area (Å²) in [5.74, 6) is 1.26. The van der Waals surface area contributed by atoms with Crippen LogP contribution in [0.25, 0.3) is 0 Å². The molecular formula is C17H20FNO2. The van der Waals surface area contributed by atoms with Gasteiger partial charge < -0.3 is 15.2 Å². The molecule has 2 rings (SSSR count). The second kappa shape index (κ2) is 7.09. The van der Waals surface area contributed by atoms with Gasteiger partial charge in [-0.3, -0.25) is 0 Å². The molecule has 1 atom stereocenters. The summed E-state index contributed by atoms with van der Waals surface area (Å²) < 4.78 is 24.2. The molecule has 112 valence electrons. The quantitative estimate of drug-likeness (QED) is 0.889. The smallest absolute Gasteiger partial charge is 0.126 e. The summed E-state index contributed by atoms with van der Waals surface area (Å²) in [5, 5.41) is 0. The fourth-order valence-electron chi connectivity index (χ4n) is 2.32. The summed E-state index contributed by atoms with van der Waals surface area (Å²) in [6.45, 7) is 0. The summed E-state index contributed by atoms with van der Waals surface area (Å²) >= 11 is 0. The van der Waals surface area contributed by atoms with Crippen LogP contribution in [0.4, 0.5) is 4.39 Å². The van der Waals surface area contributed by atoms with Crippen LogP contribution >= 0.6 is 0 Å². The topological polar surface area (TPSA) is 44.5 Å². The number of hydrogen-bond acceptors (Lipinski definition) is 3. The van der Waals surface area contributed by atoms with Crippen molar-refractivity contribution in [2.45, 2.75) is 18.9 Å². The third kappa shape index (κ3) is 3.95. The Morgan fingerprint density at radius 3 is 2.38 bits per heavy atom. The Hall–Kier alpha value is -2.07. The maximum absolute atomic E-state index is 13.6. The van der Waals surface area contributed by atoms with Crippen LogP contribution in [0, 0.1) is 5.82 Å². The molecule has 0 aliphatic rings. The summed E-state index contributed by atoms with van der Waals surface area (Å²) in [6.07, 6.45) is 1.10. The third-order valence-corrected chi connectivity index (χ3v) is 3.42. The highest BCUT2D eigenvalue weighted by Gasteiger charge is 2.12. The second-order valence-corrected chi connectivity index (χ2v) is 4.94. The highest BCUT2D eigenvalue weighted by atomic mass is 19.1. The van der Waals surface area contributed by atoms with Gasteiger partial charge in [0.1, 0.15) is 17.3 Å². The molecule has 0 aliphatic heterocycles. The monoisotopic (exact) mass is 289 g/mol. The Morgan fingerprint density at radius 2 is 1.71 bits per heavy atom. The number of benzene rings is 2. The minimum atomic E-state index is -0.213. The lowest BCUT2D eigenvalue weighted by Crippen LogP contribution is -2.26. The molecule has 2 aromatic rings. The lowest BCUT2D eigenvalue weighted by atomic mass is 9.99. The van der Waals surface area contributed by atoms with Crippen LogP contribution in [-0.2, 0) is 12.8 Å². The first-order chi connectivity index (χ1) is 10.1. The molecule has 0 spiro atoms. The molecule has 1 unspecified atom stereocenters. The lowest BCUT2D eigenvalue weighted by Gasteiger charge is -2.15. The molecule has 0 saturated carbocycles. The zero-order valence-corrected chi connectivity index (χ0v) is 12.3. The molecule has 0 heterocycles. The van der Waals surface area contributed by atoms with Gasteiger partial charge in [0.2, 0.25) is 0 Å². The largest absolute Gasteiger partial charge is 0.497 e. The molecule has 0 bridgehead atoms. The summed E-state index contributed by atoms with van der Waals surface area (Å²) in [5.41, 5.74) is 7.77. The van der Waals surface area contributed by atoms with Gasteiger partial charge in [0.15, 0.2) is 0 Å². The highest BCUT2D eigenvalue weighted by Crippen LogP contribution is 2.26. The Bertz CT molecular complexity index is 601. The van der Waals surface area contributed by atoms with Crippen LogP contribution in [-0.4, -0.2) is 20.3 Å². The van der Waals surface area contributed by atoms with Crippen molar-refractivity contribution in [1.82, 2.24) is 0 Å². The number of methoxy groups -OCH3 is 2. The SMILES string of the molecule is COc1ccc(CC(N)Cc2ccccc2F)c(OC)c1. The molecule has 0 amide bonds. The van der Waals surface area contributed by atoms with Crippen molar-refractivity contribution in [2.75, 3.05) is 14.2 Å². The molecule has 2 N–H and O–H groups in total. The molecule has 0 fully saturated rings. The highest BCUT2D eigenvalue weighted by molar-refractivity contribution is 5.41. The number of halogens is 1. The van der Waals surface area contributed by atoms with Crippen molar-refractivity contribution < 1.29 is 13.9 Å². The number of ether oxygens (including phenoxy) is 2. The van der Waals surface area contributed by atoms with Crippen molar-refractivity contribution in [3.63, 3.8) is 0 Å². The van der Waals surface area contributed by atoms with Crippen LogP contribution in [0.1, 0.15) is 11.1 Å². The fraction of sp³-hybridized carbons (Fsp3) is 0.294. The number of rotatable bonds is 6. The second-order valence-electron chi connectivity index (χ2n) is 4.94. The fourth-order valence-corrected chi connectivity index (χ4v) is 2.32. The maximum Gasteiger partial charge on any atom is 0.126 e. The normalized spacial score (nSPS) is 12.0. The van der Waals surface area contributed by atoms with Gasteiger partial charge in [-0.05, 0) is 36.1 Å². The van der Waals surface area contributed by atoms with Crippen LogP contribution in [0.3, 0.4) is 0 Å². The van der Waals surface area contributed by atoms with E-state index >= 15 is 0 Å². The average molecular weight is 289 g/mol. The van der Waals surface area contributed by atoms with E-state index in [1.54, 1.807) is 26.4 Å².